The molecule has 0 aliphatic heterocycles. The number of aromatic nitrogens is 1. The number of para-hydroxylation sites is 1. The molecule has 0 saturated carbocycles. The Morgan fingerprint density at radius 1 is 1.22 bits per heavy atom. The average molecular weight is 437 g/mol. The van der Waals surface area contributed by atoms with Crippen molar-refractivity contribution >= 4 is 11.6 Å². The van der Waals surface area contributed by atoms with Gasteiger partial charge in [0.15, 0.2) is 11.5 Å². The molecule has 1 atom stereocenters. The number of hydrogen-bond acceptors (Lipinski definition) is 9. The second kappa shape index (κ2) is 9.80. The monoisotopic (exact) mass is 437 g/mol. The van der Waals surface area contributed by atoms with Crippen molar-refractivity contribution in [1.82, 2.24) is 9.88 Å². The molecule has 0 fully saturated rings. The van der Waals surface area contributed by atoms with Crippen molar-refractivity contribution in [3.8, 4) is 29.0 Å². The summed E-state index contributed by atoms with van der Waals surface area (Å²) >= 11 is 0. The number of anilines is 1. The molecule has 0 amide bonds. The van der Waals surface area contributed by atoms with E-state index in [1.807, 2.05) is 43.3 Å². The van der Waals surface area contributed by atoms with Crippen LogP contribution < -0.4 is 14.8 Å². The van der Waals surface area contributed by atoms with Gasteiger partial charge in [-0.3, -0.25) is 10.1 Å². The highest BCUT2D eigenvalue weighted by molar-refractivity contribution is 5.68. The Balaban J connectivity index is 1.89. The molecule has 32 heavy (non-hydrogen) atoms. The van der Waals surface area contributed by atoms with Crippen LogP contribution in [0.5, 0.6) is 11.5 Å². The molecule has 166 valence electrons. The zero-order chi connectivity index (χ0) is 23.3. The number of hydrogen-bond donors (Lipinski definition) is 1. The van der Waals surface area contributed by atoms with E-state index in [1.165, 1.54) is 12.1 Å². The highest BCUT2D eigenvalue weighted by Gasteiger charge is 2.23. The number of nitrogens with zero attached hydrogens (tertiary/aromatic N) is 4. The summed E-state index contributed by atoms with van der Waals surface area (Å²) in [6.07, 6.45) is 0. The summed E-state index contributed by atoms with van der Waals surface area (Å²) in [4.78, 5) is 17.0. The number of rotatable bonds is 9. The summed E-state index contributed by atoms with van der Waals surface area (Å²) in [5, 5.41) is 23.9. The number of ether oxygens (including phenoxy) is 2. The van der Waals surface area contributed by atoms with Gasteiger partial charge in [-0.05, 0) is 37.9 Å². The van der Waals surface area contributed by atoms with Gasteiger partial charge in [-0.25, -0.2) is 0 Å². The lowest BCUT2D eigenvalue weighted by molar-refractivity contribution is -0.384. The summed E-state index contributed by atoms with van der Waals surface area (Å²) in [5.41, 5.74) is 1.02. The molecule has 1 heterocycles. The molecule has 10 heteroatoms. The van der Waals surface area contributed by atoms with E-state index in [9.17, 15) is 15.4 Å². The molecule has 3 rings (SSSR count). The Morgan fingerprint density at radius 2 is 1.94 bits per heavy atom. The standard InChI is InChI=1S/C22H23N5O5/c1-26(2)18(14-9-10-19(30-3)20(11-14)31-4)13-24-22-16(12-23)25-21(32-22)15-7-5-6-8-17(15)27(28)29/h5-11,18,24H,13H2,1-4H3. The van der Waals surface area contributed by atoms with Gasteiger partial charge in [-0.1, -0.05) is 18.2 Å². The van der Waals surface area contributed by atoms with Gasteiger partial charge in [0, 0.05) is 12.6 Å². The van der Waals surface area contributed by atoms with Gasteiger partial charge in [-0.2, -0.15) is 10.2 Å². The van der Waals surface area contributed by atoms with Gasteiger partial charge in [0.25, 0.3) is 5.69 Å². The van der Waals surface area contributed by atoms with E-state index in [2.05, 4.69) is 10.3 Å². The normalized spacial score (nSPS) is 11.6. The number of methoxy groups -OCH3 is 2. The lowest BCUT2D eigenvalue weighted by Crippen LogP contribution is -2.27. The molecule has 2 aromatic carbocycles. The van der Waals surface area contributed by atoms with Crippen molar-refractivity contribution < 1.29 is 18.8 Å². The fourth-order valence-corrected chi connectivity index (χ4v) is 3.29. The predicted octanol–water partition coefficient (Wildman–Crippen LogP) is 3.85. The van der Waals surface area contributed by atoms with Crippen LogP contribution in [0.1, 0.15) is 17.3 Å². The van der Waals surface area contributed by atoms with Crippen molar-refractivity contribution in [2.45, 2.75) is 6.04 Å². The minimum absolute atomic E-state index is 0.00358. The van der Waals surface area contributed by atoms with Gasteiger partial charge in [0.1, 0.15) is 11.6 Å². The van der Waals surface area contributed by atoms with E-state index in [-0.39, 0.29) is 34.8 Å². The van der Waals surface area contributed by atoms with Crippen LogP contribution in [0, 0.1) is 21.4 Å². The molecular weight excluding hydrogens is 414 g/mol. The van der Waals surface area contributed by atoms with Crippen LogP contribution in [-0.2, 0) is 0 Å². The summed E-state index contributed by atoms with van der Waals surface area (Å²) in [6.45, 7) is 0.378. The molecule has 0 aliphatic rings. The van der Waals surface area contributed by atoms with E-state index >= 15 is 0 Å². The van der Waals surface area contributed by atoms with E-state index < -0.39 is 4.92 Å². The Morgan fingerprint density at radius 3 is 2.56 bits per heavy atom. The topological polar surface area (TPSA) is 127 Å². The molecule has 0 aliphatic carbocycles. The molecule has 0 spiro atoms. The number of benzene rings is 2. The zero-order valence-corrected chi connectivity index (χ0v) is 18.2. The first-order chi connectivity index (χ1) is 15.4. The lowest BCUT2D eigenvalue weighted by Gasteiger charge is -2.25. The Kier molecular flexibility index (Phi) is 6.92. The van der Waals surface area contributed by atoms with Crippen LogP contribution in [0.3, 0.4) is 0 Å². The van der Waals surface area contributed by atoms with E-state index in [0.29, 0.717) is 18.0 Å². The molecule has 3 aromatic rings. The first-order valence-corrected chi connectivity index (χ1v) is 9.66. The summed E-state index contributed by atoms with van der Waals surface area (Å²) in [7, 11) is 6.99. The average Bonchev–Trinajstić information content (AvgIpc) is 3.21. The zero-order valence-electron chi connectivity index (χ0n) is 18.2. The first-order valence-electron chi connectivity index (χ1n) is 9.66. The van der Waals surface area contributed by atoms with Crippen molar-refractivity contribution in [2.24, 2.45) is 0 Å². The van der Waals surface area contributed by atoms with Crippen molar-refractivity contribution in [2.75, 3.05) is 40.2 Å². The maximum Gasteiger partial charge on any atom is 0.282 e. The second-order valence-electron chi connectivity index (χ2n) is 7.06. The number of nitro benzene ring substituents is 1. The highest BCUT2D eigenvalue weighted by atomic mass is 16.6. The SMILES string of the molecule is COc1ccc(C(CNc2oc(-c3ccccc3[N+](=O)[O-])nc2C#N)N(C)C)cc1OC. The number of nitro groups is 1. The van der Waals surface area contributed by atoms with Crippen LogP contribution in [0.2, 0.25) is 0 Å². The van der Waals surface area contributed by atoms with Gasteiger partial charge >= 0.3 is 0 Å². The largest absolute Gasteiger partial charge is 0.493 e. The van der Waals surface area contributed by atoms with E-state index in [1.54, 1.807) is 26.4 Å². The number of oxazole rings is 1. The van der Waals surface area contributed by atoms with Crippen LogP contribution in [0.25, 0.3) is 11.5 Å². The maximum atomic E-state index is 11.3. The fourth-order valence-electron chi connectivity index (χ4n) is 3.29. The Hall–Kier alpha value is -4.10. The van der Waals surface area contributed by atoms with Gasteiger partial charge in [0.05, 0.1) is 25.2 Å². The van der Waals surface area contributed by atoms with E-state index in [4.69, 9.17) is 13.9 Å². The number of likely N-dealkylation sites (N-methyl/N-ethyl adjacent to an activating group) is 1. The number of nitrogens with one attached hydrogen (secondary N) is 1. The van der Waals surface area contributed by atoms with Gasteiger partial charge in [0.2, 0.25) is 17.5 Å². The smallest absolute Gasteiger partial charge is 0.282 e. The molecule has 10 nitrogen and oxygen atoms in total. The molecular formula is C22H23N5O5. The van der Waals surface area contributed by atoms with Crippen LogP contribution in [0.4, 0.5) is 11.6 Å². The third-order valence-electron chi connectivity index (χ3n) is 4.94. The molecule has 0 bridgehead atoms. The van der Waals surface area contributed by atoms with Crippen molar-refractivity contribution in [3.05, 3.63) is 63.8 Å². The summed E-state index contributed by atoms with van der Waals surface area (Å²) < 4.78 is 16.4. The van der Waals surface area contributed by atoms with Crippen molar-refractivity contribution in [1.29, 1.82) is 5.26 Å². The molecule has 1 aromatic heterocycles. The third kappa shape index (κ3) is 4.63. The number of nitriles is 1. The van der Waals surface area contributed by atoms with Crippen LogP contribution in [-0.4, -0.2) is 49.7 Å². The summed E-state index contributed by atoms with van der Waals surface area (Å²) in [6, 6.07) is 13.6. The van der Waals surface area contributed by atoms with E-state index in [0.717, 1.165) is 5.56 Å². The highest BCUT2D eigenvalue weighted by Crippen LogP contribution is 2.34. The minimum Gasteiger partial charge on any atom is -0.493 e. The maximum absolute atomic E-state index is 11.3. The fraction of sp³-hybridized carbons (Fsp3) is 0.273. The molecule has 1 N–H and O–H groups in total. The second-order valence-corrected chi connectivity index (χ2v) is 7.06. The first kappa shape index (κ1) is 22.6. The quantitative estimate of drug-likeness (QED) is 0.392. The molecule has 0 saturated heterocycles. The minimum atomic E-state index is -0.516. The molecule has 1 unspecified atom stereocenters. The van der Waals surface area contributed by atoms with Crippen LogP contribution >= 0.6 is 0 Å². The van der Waals surface area contributed by atoms with Crippen LogP contribution in [0.15, 0.2) is 46.9 Å². The molecule has 0 radical (unpaired) electrons. The lowest BCUT2D eigenvalue weighted by atomic mass is 10.1. The Labute approximate surface area is 185 Å². The van der Waals surface area contributed by atoms with Crippen molar-refractivity contribution in [3.63, 3.8) is 0 Å². The third-order valence-corrected chi connectivity index (χ3v) is 4.94. The predicted molar refractivity (Wildman–Crippen MR) is 118 cm³/mol. The van der Waals surface area contributed by atoms with Gasteiger partial charge in [-0.15, -0.1) is 0 Å². The Bertz CT molecular complexity index is 1150. The summed E-state index contributed by atoms with van der Waals surface area (Å²) in [5.74, 6) is 1.38. The van der Waals surface area contributed by atoms with Gasteiger partial charge < -0.3 is 24.1 Å².